The number of aryl methyl sites for hydroxylation is 1. The molecule has 0 bridgehead atoms. The molecular formula is C12H15NO2. The second kappa shape index (κ2) is 3.65. The molecule has 0 fully saturated rings. The van der Waals surface area contributed by atoms with Crippen LogP contribution in [-0.4, -0.2) is 11.0 Å². The lowest BCUT2D eigenvalue weighted by atomic mass is 9.97. The summed E-state index contributed by atoms with van der Waals surface area (Å²) in [5, 5.41) is 0. The van der Waals surface area contributed by atoms with Gasteiger partial charge in [-0.15, -0.1) is 0 Å². The van der Waals surface area contributed by atoms with Crippen LogP contribution in [0.4, 0.5) is 0 Å². The van der Waals surface area contributed by atoms with Crippen LogP contribution in [0.25, 0.3) is 0 Å². The third-order valence-corrected chi connectivity index (χ3v) is 2.78. The fourth-order valence-electron chi connectivity index (χ4n) is 1.95. The number of nitrogens with zero attached hydrogens (tertiary/aromatic N) is 1. The van der Waals surface area contributed by atoms with Crippen LogP contribution in [0.15, 0.2) is 6.20 Å². The van der Waals surface area contributed by atoms with Crippen molar-refractivity contribution in [2.24, 2.45) is 0 Å². The summed E-state index contributed by atoms with van der Waals surface area (Å²) in [4.78, 5) is 16.0. The van der Waals surface area contributed by atoms with E-state index in [4.69, 9.17) is 4.74 Å². The molecule has 0 atom stereocenters. The van der Waals surface area contributed by atoms with Gasteiger partial charge in [-0.3, -0.25) is 4.98 Å². The first-order valence-electron chi connectivity index (χ1n) is 5.32. The van der Waals surface area contributed by atoms with Crippen LogP contribution in [0.5, 0.6) is 0 Å². The Labute approximate surface area is 89.5 Å². The molecule has 0 saturated carbocycles. The van der Waals surface area contributed by atoms with E-state index in [0.29, 0.717) is 12.2 Å². The Bertz CT molecular complexity index is 410. The number of rotatable bonds is 2. The molecule has 0 N–H and O–H groups in total. The van der Waals surface area contributed by atoms with Crippen LogP contribution in [0.1, 0.15) is 53.9 Å². The number of esters is 1. The van der Waals surface area contributed by atoms with E-state index in [9.17, 15) is 4.79 Å². The maximum absolute atomic E-state index is 11.6. The quantitative estimate of drug-likeness (QED) is 0.696. The van der Waals surface area contributed by atoms with Gasteiger partial charge in [0.15, 0.2) is 0 Å². The number of hydrogen-bond donors (Lipinski definition) is 0. The van der Waals surface area contributed by atoms with E-state index in [1.54, 1.807) is 0 Å². The highest BCUT2D eigenvalue weighted by Gasteiger charge is 2.28. The summed E-state index contributed by atoms with van der Waals surface area (Å²) < 4.78 is 5.08. The first-order chi connectivity index (χ1) is 7.15. The maximum atomic E-state index is 11.6. The van der Waals surface area contributed by atoms with Gasteiger partial charge in [-0.2, -0.15) is 0 Å². The predicted molar refractivity (Wildman–Crippen MR) is 56.8 cm³/mol. The molecule has 0 spiro atoms. The van der Waals surface area contributed by atoms with E-state index in [-0.39, 0.29) is 11.9 Å². The lowest BCUT2D eigenvalue weighted by Gasteiger charge is -2.10. The number of ether oxygens (including phenoxy) is 1. The van der Waals surface area contributed by atoms with Gasteiger partial charge in [-0.25, -0.2) is 4.79 Å². The van der Waals surface area contributed by atoms with Crippen molar-refractivity contribution in [3.63, 3.8) is 0 Å². The number of pyridine rings is 1. The summed E-state index contributed by atoms with van der Waals surface area (Å²) in [6.45, 7) is 6.56. The minimum absolute atomic E-state index is 0.212. The Kier molecular flexibility index (Phi) is 2.47. The van der Waals surface area contributed by atoms with Crippen LogP contribution in [0.3, 0.4) is 0 Å². The third kappa shape index (κ3) is 1.52. The molecule has 15 heavy (non-hydrogen) atoms. The number of carbonyl (C=O) groups is 1. The molecular weight excluding hydrogens is 190 g/mol. The van der Waals surface area contributed by atoms with Crippen LogP contribution < -0.4 is 0 Å². The van der Waals surface area contributed by atoms with Crippen molar-refractivity contribution in [3.05, 3.63) is 28.6 Å². The van der Waals surface area contributed by atoms with Gasteiger partial charge in [-0.1, -0.05) is 20.8 Å². The van der Waals surface area contributed by atoms with Gasteiger partial charge in [0, 0.05) is 11.8 Å². The molecule has 0 aliphatic carbocycles. The third-order valence-electron chi connectivity index (χ3n) is 2.78. The van der Waals surface area contributed by atoms with E-state index < -0.39 is 0 Å². The molecule has 2 rings (SSSR count). The molecule has 1 aliphatic rings. The molecule has 0 aromatic carbocycles. The van der Waals surface area contributed by atoms with Crippen LogP contribution in [0, 0.1) is 0 Å². The van der Waals surface area contributed by atoms with Gasteiger partial charge in [0.1, 0.15) is 6.61 Å². The van der Waals surface area contributed by atoms with Crippen molar-refractivity contribution in [3.8, 4) is 0 Å². The Morgan fingerprint density at radius 3 is 2.87 bits per heavy atom. The van der Waals surface area contributed by atoms with E-state index in [1.807, 2.05) is 20.0 Å². The molecule has 1 aromatic heterocycles. The Morgan fingerprint density at radius 1 is 1.53 bits per heavy atom. The van der Waals surface area contributed by atoms with Crippen molar-refractivity contribution in [1.29, 1.82) is 0 Å². The van der Waals surface area contributed by atoms with Gasteiger partial charge in [0.05, 0.1) is 11.3 Å². The first kappa shape index (κ1) is 10.1. The number of hydrogen-bond acceptors (Lipinski definition) is 3. The zero-order chi connectivity index (χ0) is 11.0. The highest BCUT2D eigenvalue weighted by Crippen LogP contribution is 2.29. The Hall–Kier alpha value is -1.38. The van der Waals surface area contributed by atoms with E-state index in [0.717, 1.165) is 23.2 Å². The summed E-state index contributed by atoms with van der Waals surface area (Å²) in [5.41, 5.74) is 3.75. The van der Waals surface area contributed by atoms with Crippen molar-refractivity contribution in [2.45, 2.75) is 39.7 Å². The normalized spacial score (nSPS) is 14.3. The summed E-state index contributed by atoms with van der Waals surface area (Å²) in [5.74, 6) is 0.0480. The topological polar surface area (TPSA) is 39.2 Å². The zero-order valence-corrected chi connectivity index (χ0v) is 9.33. The van der Waals surface area contributed by atoms with E-state index in [1.165, 1.54) is 0 Å². The van der Waals surface area contributed by atoms with Gasteiger partial charge >= 0.3 is 5.97 Å². The van der Waals surface area contributed by atoms with Gasteiger partial charge in [0.2, 0.25) is 0 Å². The molecule has 1 aliphatic heterocycles. The Morgan fingerprint density at radius 2 is 2.27 bits per heavy atom. The highest BCUT2D eigenvalue weighted by atomic mass is 16.5. The molecule has 0 unspecified atom stereocenters. The fourth-order valence-corrected chi connectivity index (χ4v) is 1.95. The monoisotopic (exact) mass is 205 g/mol. The van der Waals surface area contributed by atoms with Crippen LogP contribution in [-0.2, 0) is 17.8 Å². The molecule has 0 saturated heterocycles. The SMILES string of the molecule is CCc1cnc(C(C)C)c2c1COC2=O. The van der Waals surface area contributed by atoms with Gasteiger partial charge in [-0.05, 0) is 17.9 Å². The first-order valence-corrected chi connectivity index (χ1v) is 5.32. The number of aromatic nitrogens is 1. The smallest absolute Gasteiger partial charge is 0.340 e. The lowest BCUT2D eigenvalue weighted by Crippen LogP contribution is -2.06. The van der Waals surface area contributed by atoms with Gasteiger partial charge < -0.3 is 4.74 Å². The second-order valence-electron chi connectivity index (χ2n) is 4.11. The van der Waals surface area contributed by atoms with E-state index >= 15 is 0 Å². The van der Waals surface area contributed by atoms with Gasteiger partial charge in [0.25, 0.3) is 0 Å². The van der Waals surface area contributed by atoms with Crippen molar-refractivity contribution >= 4 is 5.97 Å². The minimum atomic E-state index is -0.212. The van der Waals surface area contributed by atoms with Crippen molar-refractivity contribution < 1.29 is 9.53 Å². The average molecular weight is 205 g/mol. The molecule has 3 nitrogen and oxygen atoms in total. The number of carbonyl (C=O) groups excluding carboxylic acids is 1. The fraction of sp³-hybridized carbons (Fsp3) is 0.500. The predicted octanol–water partition coefficient (Wildman–Crippen LogP) is 2.44. The molecule has 0 amide bonds. The lowest BCUT2D eigenvalue weighted by molar-refractivity contribution is 0.0533. The minimum Gasteiger partial charge on any atom is -0.457 e. The number of fused-ring (bicyclic) bond motifs is 1. The summed E-state index contributed by atoms with van der Waals surface area (Å²) >= 11 is 0. The molecule has 3 heteroatoms. The molecule has 0 radical (unpaired) electrons. The largest absolute Gasteiger partial charge is 0.457 e. The standard InChI is InChI=1S/C12H15NO2/c1-4-8-5-13-11(7(2)3)10-9(8)6-15-12(10)14/h5,7H,4,6H2,1-3H3. The molecule has 80 valence electrons. The maximum Gasteiger partial charge on any atom is 0.340 e. The molecule has 1 aromatic rings. The van der Waals surface area contributed by atoms with Crippen LogP contribution in [0.2, 0.25) is 0 Å². The Balaban J connectivity index is 2.63. The summed E-state index contributed by atoms with van der Waals surface area (Å²) in [7, 11) is 0. The van der Waals surface area contributed by atoms with Crippen LogP contribution >= 0.6 is 0 Å². The second-order valence-corrected chi connectivity index (χ2v) is 4.11. The van der Waals surface area contributed by atoms with Crippen molar-refractivity contribution in [1.82, 2.24) is 4.98 Å². The summed E-state index contributed by atoms with van der Waals surface area (Å²) in [6.07, 6.45) is 2.76. The highest BCUT2D eigenvalue weighted by molar-refractivity contribution is 5.95. The van der Waals surface area contributed by atoms with E-state index in [2.05, 4.69) is 11.9 Å². The molecule has 2 heterocycles. The zero-order valence-electron chi connectivity index (χ0n) is 9.33. The average Bonchev–Trinajstić information content (AvgIpc) is 2.60. The summed E-state index contributed by atoms with van der Waals surface area (Å²) in [6, 6.07) is 0. The van der Waals surface area contributed by atoms with Crippen molar-refractivity contribution in [2.75, 3.05) is 0 Å². The number of cyclic esters (lactones) is 1.